The third-order valence-electron chi connectivity index (χ3n) is 2.78. The Morgan fingerprint density at radius 3 is 2.73 bits per heavy atom. The van der Waals surface area contributed by atoms with Gasteiger partial charge in [-0.25, -0.2) is 4.98 Å². The van der Waals surface area contributed by atoms with Crippen LogP contribution < -0.4 is 10.9 Å². The number of rotatable bonds is 6. The molecule has 0 aliphatic carbocycles. The molecule has 2 aromatic rings. The average molecular weight is 317 g/mol. The molecule has 6 heteroatoms. The van der Waals surface area contributed by atoms with Crippen molar-refractivity contribution in [2.45, 2.75) is 37.2 Å². The van der Waals surface area contributed by atoms with Crippen molar-refractivity contribution in [2.75, 3.05) is 0 Å². The molecule has 0 radical (unpaired) electrons. The van der Waals surface area contributed by atoms with Crippen LogP contribution in [0.1, 0.15) is 25.1 Å². The van der Waals surface area contributed by atoms with Crippen LogP contribution in [0, 0.1) is 0 Å². The molecule has 0 aliphatic heterocycles. The summed E-state index contributed by atoms with van der Waals surface area (Å²) < 4.78 is 0. The molecule has 0 unspecified atom stereocenters. The maximum atomic E-state index is 11.8. The highest BCUT2D eigenvalue weighted by Crippen LogP contribution is 2.18. The lowest BCUT2D eigenvalue weighted by molar-refractivity contribution is -0.120. The molecule has 1 aromatic carbocycles. The average Bonchev–Trinajstić information content (AvgIpc) is 2.44. The smallest absolute Gasteiger partial charge is 0.251 e. The summed E-state index contributed by atoms with van der Waals surface area (Å²) in [5.41, 5.74) is 1.40. The van der Waals surface area contributed by atoms with Crippen molar-refractivity contribution in [3.63, 3.8) is 0 Å². The summed E-state index contributed by atoms with van der Waals surface area (Å²) in [5, 5.41) is 3.32. The maximum Gasteiger partial charge on any atom is 0.251 e. The van der Waals surface area contributed by atoms with Gasteiger partial charge in [-0.2, -0.15) is 0 Å². The normalized spacial score (nSPS) is 10.7. The molecule has 0 spiro atoms. The summed E-state index contributed by atoms with van der Waals surface area (Å²) in [7, 11) is 0. The highest BCUT2D eigenvalue weighted by molar-refractivity contribution is 7.98. The van der Waals surface area contributed by atoms with Gasteiger partial charge in [-0.15, -0.1) is 0 Å². The van der Waals surface area contributed by atoms with E-state index in [9.17, 15) is 9.59 Å². The molecule has 0 saturated heterocycles. The van der Waals surface area contributed by atoms with E-state index in [0.717, 1.165) is 5.56 Å². The minimum absolute atomic E-state index is 0.0708. The molecule has 0 aliphatic rings. The number of amides is 1. The lowest BCUT2D eigenvalue weighted by Crippen LogP contribution is -2.32. The lowest BCUT2D eigenvalue weighted by Gasteiger charge is -2.08. The van der Waals surface area contributed by atoms with Crippen LogP contribution in [0.15, 0.2) is 46.3 Å². The first-order valence-corrected chi connectivity index (χ1v) is 8.08. The van der Waals surface area contributed by atoms with Gasteiger partial charge in [0, 0.05) is 17.9 Å². The molecule has 22 heavy (non-hydrogen) atoms. The van der Waals surface area contributed by atoms with Gasteiger partial charge in [-0.3, -0.25) is 9.59 Å². The molecule has 116 valence electrons. The van der Waals surface area contributed by atoms with E-state index in [-0.39, 0.29) is 23.9 Å². The summed E-state index contributed by atoms with van der Waals surface area (Å²) in [4.78, 5) is 30.5. The molecule has 1 heterocycles. The number of H-pyrrole nitrogens is 1. The number of nitrogens with zero attached hydrogens (tertiary/aromatic N) is 1. The van der Waals surface area contributed by atoms with E-state index in [1.807, 2.05) is 44.2 Å². The molecule has 0 fully saturated rings. The minimum atomic E-state index is -0.238. The van der Waals surface area contributed by atoms with Crippen molar-refractivity contribution in [1.29, 1.82) is 0 Å². The Balaban J connectivity index is 2.03. The van der Waals surface area contributed by atoms with Gasteiger partial charge in [0.25, 0.3) is 5.56 Å². The van der Waals surface area contributed by atoms with Crippen molar-refractivity contribution in [3.05, 3.63) is 58.0 Å². The molecule has 2 N–H and O–H groups in total. The second-order valence-corrected chi connectivity index (χ2v) is 6.18. The van der Waals surface area contributed by atoms with E-state index in [1.54, 1.807) is 0 Å². The van der Waals surface area contributed by atoms with Crippen LogP contribution in [-0.2, 0) is 17.0 Å². The van der Waals surface area contributed by atoms with E-state index < -0.39 is 0 Å². The van der Waals surface area contributed by atoms with Crippen LogP contribution in [0.3, 0.4) is 0 Å². The number of nitrogens with one attached hydrogen (secondary N) is 2. The SMILES string of the molecule is CC(C)NC(=O)Cc1cc(=O)[nH]c(SCc2ccccc2)n1. The molecule has 0 bridgehead atoms. The largest absolute Gasteiger partial charge is 0.354 e. The third kappa shape index (κ3) is 5.37. The molecule has 2 rings (SSSR count). The van der Waals surface area contributed by atoms with Gasteiger partial charge in [0.1, 0.15) is 0 Å². The molecule has 0 saturated carbocycles. The van der Waals surface area contributed by atoms with Gasteiger partial charge in [0.2, 0.25) is 5.91 Å². The Bertz CT molecular complexity index is 683. The number of carbonyl (C=O) groups is 1. The zero-order valence-corrected chi connectivity index (χ0v) is 13.4. The second-order valence-electron chi connectivity index (χ2n) is 5.22. The zero-order chi connectivity index (χ0) is 15.9. The molecular weight excluding hydrogens is 298 g/mol. The molecule has 1 aromatic heterocycles. The van der Waals surface area contributed by atoms with Crippen molar-refractivity contribution in [3.8, 4) is 0 Å². The van der Waals surface area contributed by atoms with E-state index in [2.05, 4.69) is 15.3 Å². The van der Waals surface area contributed by atoms with Crippen molar-refractivity contribution < 1.29 is 4.79 Å². The number of benzene rings is 1. The van der Waals surface area contributed by atoms with Gasteiger partial charge in [-0.1, -0.05) is 42.1 Å². The summed E-state index contributed by atoms with van der Waals surface area (Å²) in [6.07, 6.45) is 0.112. The predicted octanol–water partition coefficient (Wildman–Crippen LogP) is 2.13. The lowest BCUT2D eigenvalue weighted by atomic mass is 10.2. The van der Waals surface area contributed by atoms with Crippen LogP contribution in [0.2, 0.25) is 0 Å². The van der Waals surface area contributed by atoms with Crippen LogP contribution in [0.25, 0.3) is 0 Å². The van der Waals surface area contributed by atoms with Gasteiger partial charge in [0.15, 0.2) is 5.16 Å². The van der Waals surface area contributed by atoms with Crippen molar-refractivity contribution in [2.24, 2.45) is 0 Å². The van der Waals surface area contributed by atoms with Gasteiger partial charge in [0.05, 0.1) is 12.1 Å². The fourth-order valence-electron chi connectivity index (χ4n) is 1.91. The molecule has 5 nitrogen and oxygen atoms in total. The molecule has 1 amide bonds. The Morgan fingerprint density at radius 1 is 1.32 bits per heavy atom. The van der Waals surface area contributed by atoms with E-state index in [0.29, 0.717) is 16.6 Å². The zero-order valence-electron chi connectivity index (χ0n) is 12.6. The Hall–Kier alpha value is -2.08. The van der Waals surface area contributed by atoms with Crippen LogP contribution >= 0.6 is 11.8 Å². The second kappa shape index (κ2) is 7.79. The summed E-state index contributed by atoms with van der Waals surface area (Å²) in [6.45, 7) is 3.79. The van der Waals surface area contributed by atoms with E-state index >= 15 is 0 Å². The summed E-state index contributed by atoms with van der Waals surface area (Å²) in [6, 6.07) is 11.4. The number of thioether (sulfide) groups is 1. The van der Waals surface area contributed by atoms with Crippen LogP contribution in [-0.4, -0.2) is 21.9 Å². The highest BCUT2D eigenvalue weighted by atomic mass is 32.2. The molecular formula is C16H19N3O2S. The molecule has 0 atom stereocenters. The maximum absolute atomic E-state index is 11.8. The summed E-state index contributed by atoms with van der Waals surface area (Å²) in [5.74, 6) is 0.581. The van der Waals surface area contributed by atoms with E-state index in [1.165, 1.54) is 17.8 Å². The number of aromatic amines is 1. The quantitative estimate of drug-likeness (QED) is 0.632. The predicted molar refractivity (Wildman–Crippen MR) is 87.8 cm³/mol. The fraction of sp³-hybridized carbons (Fsp3) is 0.312. The fourth-order valence-corrected chi connectivity index (χ4v) is 2.76. The van der Waals surface area contributed by atoms with Gasteiger partial charge in [-0.05, 0) is 19.4 Å². The van der Waals surface area contributed by atoms with Gasteiger partial charge >= 0.3 is 0 Å². The first-order valence-electron chi connectivity index (χ1n) is 7.09. The number of hydrogen-bond acceptors (Lipinski definition) is 4. The van der Waals surface area contributed by atoms with E-state index in [4.69, 9.17) is 0 Å². The number of carbonyl (C=O) groups excluding carboxylic acids is 1. The Morgan fingerprint density at radius 2 is 2.05 bits per heavy atom. The third-order valence-corrected chi connectivity index (χ3v) is 3.73. The van der Waals surface area contributed by atoms with Crippen molar-refractivity contribution in [1.82, 2.24) is 15.3 Å². The highest BCUT2D eigenvalue weighted by Gasteiger charge is 2.09. The standard InChI is InChI=1S/C16H19N3O2S/c1-11(2)17-14(20)8-13-9-15(21)19-16(18-13)22-10-12-6-4-3-5-7-12/h3-7,9,11H,8,10H2,1-2H3,(H,17,20)(H,18,19,21). The minimum Gasteiger partial charge on any atom is -0.354 e. The van der Waals surface area contributed by atoms with Crippen molar-refractivity contribution >= 4 is 17.7 Å². The number of aromatic nitrogens is 2. The Kier molecular flexibility index (Phi) is 5.77. The topological polar surface area (TPSA) is 74.8 Å². The van der Waals surface area contributed by atoms with Crippen LogP contribution in [0.4, 0.5) is 0 Å². The monoisotopic (exact) mass is 317 g/mol. The Labute approximate surface area is 133 Å². The van der Waals surface area contributed by atoms with Crippen LogP contribution in [0.5, 0.6) is 0 Å². The summed E-state index contributed by atoms with van der Waals surface area (Å²) >= 11 is 1.44. The first kappa shape index (κ1) is 16.3. The first-order chi connectivity index (χ1) is 10.5. The van der Waals surface area contributed by atoms with Gasteiger partial charge < -0.3 is 10.3 Å². The number of hydrogen-bond donors (Lipinski definition) is 2.